The summed E-state index contributed by atoms with van der Waals surface area (Å²) in [5.41, 5.74) is -1.02. The van der Waals surface area contributed by atoms with Crippen LogP contribution in [0.3, 0.4) is 0 Å². The molecule has 1 N–H and O–H groups in total. The smallest absolute Gasteiger partial charge is 0.339 e. The fourth-order valence-corrected chi connectivity index (χ4v) is 1.34. The molecule has 0 saturated heterocycles. The molecule has 1 aromatic carbocycles. The van der Waals surface area contributed by atoms with Gasteiger partial charge in [0.05, 0.1) is 12.8 Å². The van der Waals surface area contributed by atoms with Gasteiger partial charge < -0.3 is 10.1 Å². The Hall–Kier alpha value is -1.91. The number of hydrogen-bond acceptors (Lipinski definition) is 3. The normalized spacial score (nSPS) is 15.7. The first-order valence-corrected chi connectivity index (χ1v) is 4.59. The van der Waals surface area contributed by atoms with Crippen LogP contribution in [0.1, 0.15) is 0 Å². The van der Waals surface area contributed by atoms with Crippen molar-refractivity contribution in [2.24, 2.45) is 0 Å². The van der Waals surface area contributed by atoms with E-state index < -0.39 is 23.1 Å². The van der Waals surface area contributed by atoms with Gasteiger partial charge in [-0.1, -0.05) is 0 Å². The monoisotopic (exact) mass is 225 g/mol. The van der Waals surface area contributed by atoms with Gasteiger partial charge in [-0.3, -0.25) is 0 Å². The van der Waals surface area contributed by atoms with E-state index in [9.17, 15) is 13.6 Å². The predicted molar refractivity (Wildman–Crippen MR) is 53.9 cm³/mol. The van der Waals surface area contributed by atoms with Crippen molar-refractivity contribution in [2.75, 3.05) is 12.4 Å². The maximum atomic E-state index is 13.3. The molecule has 0 aliphatic heterocycles. The summed E-state index contributed by atoms with van der Waals surface area (Å²) in [4.78, 5) is 11.3. The number of nitrogens with one attached hydrogen (secondary N) is 1. The Bertz CT molecular complexity index is 465. The molecule has 0 atom stereocenters. The van der Waals surface area contributed by atoms with Gasteiger partial charge in [-0.25, -0.2) is 13.6 Å². The Morgan fingerprint density at radius 2 is 2.06 bits per heavy atom. The largest absolute Gasteiger partial charge is 0.467 e. The third kappa shape index (κ3) is 1.76. The number of carbonyl (C=O) groups is 1. The zero-order chi connectivity index (χ0) is 11.8. The van der Waals surface area contributed by atoms with Gasteiger partial charge in [-0.2, -0.15) is 0 Å². The zero-order valence-electron chi connectivity index (χ0n) is 8.46. The lowest BCUT2D eigenvalue weighted by Crippen LogP contribution is -2.35. The highest BCUT2D eigenvalue weighted by atomic mass is 19.1. The third-order valence-corrected chi connectivity index (χ3v) is 2.30. The molecule has 0 heterocycles. The molecule has 1 aliphatic rings. The number of halogens is 2. The lowest BCUT2D eigenvalue weighted by atomic mass is 10.2. The second-order valence-electron chi connectivity index (χ2n) is 3.44. The quantitative estimate of drug-likeness (QED) is 0.630. The number of methoxy groups -OCH3 is 1. The second-order valence-corrected chi connectivity index (χ2v) is 3.44. The third-order valence-electron chi connectivity index (χ3n) is 2.30. The standard InChI is InChI=1S/C11H9F2NO2/c1-16-10(15)11(4-5-11)14-9-3-2-7(12)6-8(9)13/h2-6,14H,1H3. The fraction of sp³-hybridized carbons (Fsp3) is 0.182. The molecule has 0 spiro atoms. The lowest BCUT2D eigenvalue weighted by Gasteiger charge is -2.17. The van der Waals surface area contributed by atoms with E-state index in [1.165, 1.54) is 13.2 Å². The van der Waals surface area contributed by atoms with E-state index in [4.69, 9.17) is 0 Å². The van der Waals surface area contributed by atoms with Crippen LogP contribution in [0.25, 0.3) is 0 Å². The first-order chi connectivity index (χ1) is 7.57. The van der Waals surface area contributed by atoms with Gasteiger partial charge >= 0.3 is 5.97 Å². The highest BCUT2D eigenvalue weighted by Crippen LogP contribution is 2.31. The van der Waals surface area contributed by atoms with Gasteiger partial charge in [0, 0.05) is 6.07 Å². The Balaban J connectivity index is 2.18. The molecule has 16 heavy (non-hydrogen) atoms. The molecular weight excluding hydrogens is 216 g/mol. The number of hydrogen-bond donors (Lipinski definition) is 1. The molecule has 0 amide bonds. The Morgan fingerprint density at radius 3 is 2.56 bits per heavy atom. The Labute approximate surface area is 90.7 Å². The Kier molecular flexibility index (Phi) is 2.38. The highest BCUT2D eigenvalue weighted by molar-refractivity contribution is 5.95. The van der Waals surface area contributed by atoms with Crippen molar-refractivity contribution < 1.29 is 18.3 Å². The minimum absolute atomic E-state index is 0.0526. The number of ether oxygens (including phenoxy) is 1. The summed E-state index contributed by atoms with van der Waals surface area (Å²) in [7, 11) is 1.24. The van der Waals surface area contributed by atoms with Crippen molar-refractivity contribution >= 4 is 11.7 Å². The first-order valence-electron chi connectivity index (χ1n) is 4.59. The summed E-state index contributed by atoms with van der Waals surface area (Å²) < 4.78 is 30.5. The van der Waals surface area contributed by atoms with Crippen LogP contribution in [0, 0.1) is 11.6 Å². The number of anilines is 1. The lowest BCUT2D eigenvalue weighted by molar-refractivity contribution is -0.141. The number of rotatable bonds is 3. The van der Waals surface area contributed by atoms with Gasteiger partial charge in [0.15, 0.2) is 5.54 Å². The molecule has 0 bridgehead atoms. The maximum Gasteiger partial charge on any atom is 0.339 e. The van der Waals surface area contributed by atoms with Crippen LogP contribution in [-0.2, 0) is 9.53 Å². The van der Waals surface area contributed by atoms with Gasteiger partial charge in [0.2, 0.25) is 0 Å². The molecule has 0 unspecified atom stereocenters. The van der Waals surface area contributed by atoms with Gasteiger partial charge in [0.25, 0.3) is 0 Å². The molecule has 0 saturated carbocycles. The molecule has 0 radical (unpaired) electrons. The predicted octanol–water partition coefficient (Wildman–Crippen LogP) is 1.86. The summed E-state index contributed by atoms with van der Waals surface area (Å²) >= 11 is 0. The van der Waals surface area contributed by atoms with Crippen LogP contribution in [0.15, 0.2) is 30.4 Å². The van der Waals surface area contributed by atoms with Crippen LogP contribution >= 0.6 is 0 Å². The Morgan fingerprint density at radius 1 is 1.38 bits per heavy atom. The molecule has 5 heteroatoms. The van der Waals surface area contributed by atoms with E-state index in [0.717, 1.165) is 12.1 Å². The molecule has 3 nitrogen and oxygen atoms in total. The maximum absolute atomic E-state index is 13.3. The molecule has 0 fully saturated rings. The molecule has 2 rings (SSSR count). The second kappa shape index (κ2) is 3.59. The van der Waals surface area contributed by atoms with Crippen molar-refractivity contribution in [1.29, 1.82) is 0 Å². The fourth-order valence-electron chi connectivity index (χ4n) is 1.34. The summed E-state index contributed by atoms with van der Waals surface area (Å²) in [6.45, 7) is 0. The van der Waals surface area contributed by atoms with Crippen molar-refractivity contribution in [3.8, 4) is 0 Å². The highest BCUT2D eigenvalue weighted by Gasteiger charge is 2.44. The number of carbonyl (C=O) groups excluding carboxylic acids is 1. The SMILES string of the molecule is COC(=O)C1(Nc2ccc(F)cc2F)C=C1. The van der Waals surface area contributed by atoms with E-state index >= 15 is 0 Å². The zero-order valence-corrected chi connectivity index (χ0v) is 8.46. The van der Waals surface area contributed by atoms with E-state index in [2.05, 4.69) is 10.1 Å². The molecular formula is C11H9F2NO2. The summed E-state index contributed by atoms with van der Waals surface area (Å²) in [6, 6.07) is 3.09. The average molecular weight is 225 g/mol. The van der Waals surface area contributed by atoms with Gasteiger partial charge in [-0.05, 0) is 24.3 Å². The topological polar surface area (TPSA) is 38.3 Å². The number of benzene rings is 1. The van der Waals surface area contributed by atoms with E-state index in [1.807, 2.05) is 0 Å². The van der Waals surface area contributed by atoms with Crippen molar-refractivity contribution in [3.63, 3.8) is 0 Å². The first kappa shape index (κ1) is 10.6. The average Bonchev–Trinajstić information content (AvgIpc) is 3.02. The van der Waals surface area contributed by atoms with Crippen molar-refractivity contribution in [2.45, 2.75) is 5.54 Å². The summed E-state index contributed by atoms with van der Waals surface area (Å²) in [5.74, 6) is -1.95. The van der Waals surface area contributed by atoms with E-state index in [-0.39, 0.29) is 5.69 Å². The van der Waals surface area contributed by atoms with Crippen LogP contribution in [-0.4, -0.2) is 18.6 Å². The van der Waals surface area contributed by atoms with Crippen LogP contribution in [0.4, 0.5) is 14.5 Å². The van der Waals surface area contributed by atoms with Crippen molar-refractivity contribution in [1.82, 2.24) is 0 Å². The molecule has 1 aromatic rings. The van der Waals surface area contributed by atoms with Crippen LogP contribution in [0.5, 0.6) is 0 Å². The summed E-state index contributed by atoms with van der Waals surface area (Å²) in [6.07, 6.45) is 3.09. The van der Waals surface area contributed by atoms with E-state index in [0.29, 0.717) is 0 Å². The number of esters is 1. The van der Waals surface area contributed by atoms with Gasteiger partial charge in [0.1, 0.15) is 11.6 Å². The van der Waals surface area contributed by atoms with Crippen molar-refractivity contribution in [3.05, 3.63) is 42.0 Å². The molecule has 1 aliphatic carbocycles. The summed E-state index contributed by atoms with van der Waals surface area (Å²) in [5, 5.41) is 2.65. The molecule has 0 aromatic heterocycles. The van der Waals surface area contributed by atoms with Crippen LogP contribution < -0.4 is 5.32 Å². The minimum Gasteiger partial charge on any atom is -0.467 e. The molecule has 84 valence electrons. The van der Waals surface area contributed by atoms with Gasteiger partial charge in [-0.15, -0.1) is 0 Å². The van der Waals surface area contributed by atoms with E-state index in [1.54, 1.807) is 12.2 Å². The minimum atomic E-state index is -1.08. The van der Waals surface area contributed by atoms with Crippen LogP contribution in [0.2, 0.25) is 0 Å².